The first-order valence-electron chi connectivity index (χ1n) is 16.4. The van der Waals surface area contributed by atoms with Gasteiger partial charge in [0.25, 0.3) is 0 Å². The largest absolute Gasteiger partial charge is 0.387 e. The van der Waals surface area contributed by atoms with Crippen molar-refractivity contribution in [2.75, 3.05) is 30.5 Å². The molecule has 1 aromatic carbocycles. The number of rotatable bonds is 9. The summed E-state index contributed by atoms with van der Waals surface area (Å²) in [5, 5.41) is 39.5. The minimum absolute atomic E-state index is 0.0156. The van der Waals surface area contributed by atoms with E-state index < -0.39 is 24.5 Å². The summed E-state index contributed by atoms with van der Waals surface area (Å²) < 4.78 is 6.39. The molecule has 8 atom stereocenters. The maximum atomic E-state index is 11.0. The zero-order valence-corrected chi connectivity index (χ0v) is 25.4. The highest BCUT2D eigenvalue weighted by molar-refractivity contribution is 5.75. The van der Waals surface area contributed by atoms with Crippen LogP contribution < -0.4 is 32.3 Å². The lowest BCUT2D eigenvalue weighted by molar-refractivity contribution is -0.112. The number of aliphatic hydroxyl groups is 2. The van der Waals surface area contributed by atoms with Crippen LogP contribution in [0.2, 0.25) is 0 Å². The molecule has 0 amide bonds. The lowest BCUT2D eigenvalue weighted by Gasteiger charge is -2.46. The molecule has 234 valence electrons. The van der Waals surface area contributed by atoms with Crippen molar-refractivity contribution in [3.8, 4) is 0 Å². The number of hydrogen-bond acceptors (Lipinski definition) is 11. The Bertz CT molecular complexity index is 1110. The maximum Gasteiger partial charge on any atom is 0.142 e. The smallest absolute Gasteiger partial charge is 0.142 e. The highest BCUT2D eigenvalue weighted by Crippen LogP contribution is 2.46. The summed E-state index contributed by atoms with van der Waals surface area (Å²) in [6.45, 7) is 8.61. The second kappa shape index (κ2) is 11.4. The van der Waals surface area contributed by atoms with Crippen molar-refractivity contribution < 1.29 is 14.9 Å². The van der Waals surface area contributed by atoms with Crippen LogP contribution in [-0.4, -0.2) is 101 Å². The summed E-state index contributed by atoms with van der Waals surface area (Å²) in [6.07, 6.45) is 5.78. The van der Waals surface area contributed by atoms with Crippen LogP contribution in [0.5, 0.6) is 0 Å². The van der Waals surface area contributed by atoms with Crippen molar-refractivity contribution in [1.82, 2.24) is 25.8 Å². The summed E-state index contributed by atoms with van der Waals surface area (Å²) in [5.41, 5.74) is 10.6. The number of hydrogen-bond donors (Lipinski definition) is 8. The summed E-state index contributed by atoms with van der Waals surface area (Å²) in [4.78, 5) is 4.55. The number of ether oxygens (including phenoxy) is 1. The third-order valence-corrected chi connectivity index (χ3v) is 11.3. The zero-order valence-electron chi connectivity index (χ0n) is 25.4. The third kappa shape index (κ3) is 5.24. The summed E-state index contributed by atoms with van der Waals surface area (Å²) in [5.74, 6) is 0.712. The number of aliphatic hydroxyl groups excluding tert-OH is 2. The molecule has 0 bridgehead atoms. The molecule has 9 N–H and O–H groups in total. The molecule has 2 saturated carbocycles. The number of fused-ring (bicyclic) bond motifs is 2. The number of benzene rings is 1. The summed E-state index contributed by atoms with van der Waals surface area (Å²) >= 11 is 0. The lowest BCUT2D eigenvalue weighted by Crippen LogP contribution is -2.68. The van der Waals surface area contributed by atoms with Gasteiger partial charge in [-0.25, -0.2) is 4.90 Å². The quantitative estimate of drug-likeness (QED) is 0.211. The van der Waals surface area contributed by atoms with Crippen LogP contribution in [0, 0.1) is 5.92 Å². The van der Waals surface area contributed by atoms with Gasteiger partial charge in [0, 0.05) is 25.3 Å². The van der Waals surface area contributed by atoms with E-state index in [4.69, 9.17) is 10.5 Å². The Hall–Kier alpha value is -1.54. The van der Waals surface area contributed by atoms with Crippen molar-refractivity contribution in [1.29, 1.82) is 0 Å². The zero-order chi connectivity index (χ0) is 29.2. The van der Waals surface area contributed by atoms with Crippen molar-refractivity contribution in [3.05, 3.63) is 23.8 Å². The van der Waals surface area contributed by atoms with Gasteiger partial charge in [-0.2, -0.15) is 0 Å². The van der Waals surface area contributed by atoms with Crippen LogP contribution in [0.15, 0.2) is 18.2 Å². The Balaban J connectivity index is 0.891. The third-order valence-electron chi connectivity index (χ3n) is 11.3. The minimum Gasteiger partial charge on any atom is -0.387 e. The van der Waals surface area contributed by atoms with E-state index in [9.17, 15) is 10.2 Å². The monoisotopic (exact) mass is 584 g/mol. The van der Waals surface area contributed by atoms with Gasteiger partial charge in [0.15, 0.2) is 0 Å². The second-order valence-electron chi connectivity index (χ2n) is 14.4. The van der Waals surface area contributed by atoms with Gasteiger partial charge in [-0.15, -0.1) is 0 Å². The molecule has 0 radical (unpaired) electrons. The van der Waals surface area contributed by atoms with Crippen LogP contribution in [0.25, 0.3) is 0 Å². The lowest BCUT2D eigenvalue weighted by atomic mass is 9.66. The van der Waals surface area contributed by atoms with Gasteiger partial charge < -0.3 is 31.3 Å². The summed E-state index contributed by atoms with van der Waals surface area (Å²) in [6, 6.07) is 7.79. The van der Waals surface area contributed by atoms with E-state index in [0.29, 0.717) is 49.5 Å². The Kier molecular flexibility index (Phi) is 7.94. The van der Waals surface area contributed by atoms with E-state index in [1.165, 1.54) is 55.5 Å². The van der Waals surface area contributed by atoms with Gasteiger partial charge in [-0.3, -0.25) is 20.9 Å². The van der Waals surface area contributed by atoms with Gasteiger partial charge in [-0.05, 0) is 81.4 Å². The molecule has 1 aromatic rings. The van der Waals surface area contributed by atoms with Crippen molar-refractivity contribution in [3.63, 3.8) is 0 Å². The highest BCUT2D eigenvalue weighted by Gasteiger charge is 2.52. The standard InChI is InChI=1S/C31H52N8O3/c1-17(2)38(14-23-26(40)27(41)30(42-23)39-16-35-25-28(32)33-15-34-29(25)39)20-11-18(12-20)5-8-24-36-21-7-6-19(13-22(21)37-24)31(3)9-4-10-31/h6-7,13,17-18,20,23-30,33-37,40-41H,4-5,8-12,14-16,32H2,1-3H3/t18-,20-,23-,24?,25?,26-,27-,28?,29?,30-/m1/s1. The molecule has 3 saturated heterocycles. The second-order valence-corrected chi connectivity index (χ2v) is 14.4. The highest BCUT2D eigenvalue weighted by atomic mass is 16.6. The molecule has 5 fully saturated rings. The first kappa shape index (κ1) is 29.2. The Morgan fingerprint density at radius 1 is 1.07 bits per heavy atom. The number of nitrogens with zero attached hydrogens (tertiary/aromatic N) is 2. The van der Waals surface area contributed by atoms with Gasteiger partial charge in [0.2, 0.25) is 0 Å². The van der Waals surface area contributed by atoms with Gasteiger partial charge in [0.05, 0.1) is 42.6 Å². The van der Waals surface area contributed by atoms with E-state index in [0.717, 1.165) is 6.42 Å². The van der Waals surface area contributed by atoms with Crippen LogP contribution >= 0.6 is 0 Å². The Labute approximate surface area is 250 Å². The van der Waals surface area contributed by atoms with E-state index in [1.807, 2.05) is 0 Å². The molecule has 4 aliphatic heterocycles. The van der Waals surface area contributed by atoms with E-state index >= 15 is 0 Å². The molecular formula is C31H52N8O3. The fraction of sp³-hybridized carbons (Fsp3) is 0.806. The number of anilines is 2. The number of nitrogens with two attached hydrogens (primary N) is 1. The molecule has 0 aromatic heterocycles. The molecular weight excluding hydrogens is 532 g/mol. The Morgan fingerprint density at radius 2 is 1.86 bits per heavy atom. The molecule has 11 nitrogen and oxygen atoms in total. The van der Waals surface area contributed by atoms with Crippen LogP contribution in [0.1, 0.15) is 71.3 Å². The minimum atomic E-state index is -0.963. The van der Waals surface area contributed by atoms with Gasteiger partial charge >= 0.3 is 0 Å². The van der Waals surface area contributed by atoms with Crippen molar-refractivity contribution in [2.45, 2.75) is 132 Å². The SMILES string of the molecule is CC(C)N(C[C@H]1O[C@@H](N2CNC3C(N)NCNC32)[C@H](O)[C@@H]1O)[C@H]1C[C@H](CCC2Nc3ccc(C4(C)CCC4)cc3N2)C1. The normalized spacial score (nSPS) is 40.8. The Morgan fingerprint density at radius 3 is 2.60 bits per heavy atom. The topological polar surface area (TPSA) is 142 Å². The molecule has 6 aliphatic rings. The molecule has 0 spiro atoms. The average Bonchev–Trinajstić information content (AvgIpc) is 3.62. The maximum absolute atomic E-state index is 11.0. The molecule has 7 rings (SSSR count). The van der Waals surface area contributed by atoms with Crippen LogP contribution in [0.4, 0.5) is 11.4 Å². The first-order valence-corrected chi connectivity index (χ1v) is 16.4. The molecule has 42 heavy (non-hydrogen) atoms. The predicted octanol–water partition coefficient (Wildman–Crippen LogP) is 1.00. The van der Waals surface area contributed by atoms with Crippen LogP contribution in [-0.2, 0) is 10.2 Å². The summed E-state index contributed by atoms with van der Waals surface area (Å²) in [7, 11) is 0. The molecule has 11 heteroatoms. The molecule has 4 unspecified atom stereocenters. The fourth-order valence-corrected chi connectivity index (χ4v) is 8.32. The fourth-order valence-electron chi connectivity index (χ4n) is 8.32. The van der Waals surface area contributed by atoms with Crippen LogP contribution in [0.3, 0.4) is 0 Å². The van der Waals surface area contributed by atoms with Crippen molar-refractivity contribution in [2.24, 2.45) is 11.7 Å². The predicted molar refractivity (Wildman–Crippen MR) is 163 cm³/mol. The van der Waals surface area contributed by atoms with E-state index in [2.05, 4.69) is 75.4 Å². The van der Waals surface area contributed by atoms with Crippen molar-refractivity contribution >= 4 is 11.4 Å². The van der Waals surface area contributed by atoms with E-state index in [-0.39, 0.29) is 18.4 Å². The van der Waals surface area contributed by atoms with E-state index in [1.54, 1.807) is 0 Å². The first-order chi connectivity index (χ1) is 20.2. The molecule has 2 aliphatic carbocycles. The van der Waals surface area contributed by atoms with Gasteiger partial charge in [-0.1, -0.05) is 19.4 Å². The average molecular weight is 585 g/mol. The van der Waals surface area contributed by atoms with Gasteiger partial charge in [0.1, 0.15) is 24.5 Å². The molecule has 4 heterocycles. The number of nitrogens with one attached hydrogen (secondary N) is 5.